The van der Waals surface area contributed by atoms with Gasteiger partial charge in [0.15, 0.2) is 0 Å². The third-order valence-electron chi connectivity index (χ3n) is 7.01. The number of carboxylic acid groups (broad SMARTS) is 1. The van der Waals surface area contributed by atoms with Crippen molar-refractivity contribution in [3.05, 3.63) is 69.2 Å². The van der Waals surface area contributed by atoms with Gasteiger partial charge in [-0.3, -0.25) is 14.4 Å². The van der Waals surface area contributed by atoms with Gasteiger partial charge in [0.25, 0.3) is 5.91 Å². The van der Waals surface area contributed by atoms with Crippen molar-refractivity contribution in [2.75, 3.05) is 0 Å². The van der Waals surface area contributed by atoms with Crippen molar-refractivity contribution in [1.29, 1.82) is 0 Å². The van der Waals surface area contributed by atoms with Gasteiger partial charge in [-0.1, -0.05) is 47.5 Å². The molecule has 2 aromatic rings. The SMILES string of the molecule is CC(C)(C)OC(=O)CC1CCC(N2C(=O)c3ccccc3[C@@H](C(=O)O)[C@@H]2c2ccc(Cl)cc2Cl)CC1. The van der Waals surface area contributed by atoms with Crippen LogP contribution >= 0.6 is 23.2 Å². The first-order chi connectivity index (χ1) is 17.0. The number of esters is 1. The van der Waals surface area contributed by atoms with Crippen LogP contribution in [-0.4, -0.2) is 39.5 Å². The average molecular weight is 532 g/mol. The molecule has 1 heterocycles. The number of ether oxygens (including phenoxy) is 1. The van der Waals surface area contributed by atoms with E-state index < -0.39 is 23.5 Å². The highest BCUT2D eigenvalue weighted by Crippen LogP contribution is 2.48. The van der Waals surface area contributed by atoms with Crippen molar-refractivity contribution in [2.24, 2.45) is 5.92 Å². The lowest BCUT2D eigenvalue weighted by atomic mass is 9.76. The molecule has 192 valence electrons. The fraction of sp³-hybridized carbons (Fsp3) is 0.464. The first-order valence-corrected chi connectivity index (χ1v) is 13.0. The quantitative estimate of drug-likeness (QED) is 0.436. The third-order valence-corrected chi connectivity index (χ3v) is 7.57. The number of nitrogens with zero attached hydrogens (tertiary/aromatic N) is 1. The highest BCUT2D eigenvalue weighted by atomic mass is 35.5. The molecule has 4 rings (SSSR count). The Hall–Kier alpha value is -2.57. The molecule has 8 heteroatoms. The molecule has 1 fully saturated rings. The van der Waals surface area contributed by atoms with Crippen molar-refractivity contribution in [1.82, 2.24) is 4.90 Å². The van der Waals surface area contributed by atoms with Crippen molar-refractivity contribution >= 4 is 41.0 Å². The van der Waals surface area contributed by atoms with Gasteiger partial charge in [0, 0.05) is 28.1 Å². The number of carbonyl (C=O) groups excluding carboxylic acids is 2. The molecule has 0 radical (unpaired) electrons. The predicted molar refractivity (Wildman–Crippen MR) is 138 cm³/mol. The van der Waals surface area contributed by atoms with Crippen molar-refractivity contribution < 1.29 is 24.2 Å². The zero-order valence-electron chi connectivity index (χ0n) is 20.7. The van der Waals surface area contributed by atoms with Crippen LogP contribution in [0.4, 0.5) is 0 Å². The second-order valence-electron chi connectivity index (χ2n) is 10.7. The van der Waals surface area contributed by atoms with E-state index in [-0.39, 0.29) is 23.8 Å². The van der Waals surface area contributed by atoms with Crippen LogP contribution in [0.25, 0.3) is 0 Å². The molecule has 0 saturated heterocycles. The Morgan fingerprint density at radius 2 is 1.69 bits per heavy atom. The molecule has 1 saturated carbocycles. The van der Waals surface area contributed by atoms with Gasteiger partial charge in [-0.05, 0) is 81.7 Å². The number of rotatable bonds is 5. The largest absolute Gasteiger partial charge is 0.481 e. The minimum atomic E-state index is -1.02. The second-order valence-corrected chi connectivity index (χ2v) is 11.5. The summed E-state index contributed by atoms with van der Waals surface area (Å²) in [5, 5.41) is 11.1. The maximum Gasteiger partial charge on any atom is 0.313 e. The smallest absolute Gasteiger partial charge is 0.313 e. The Kier molecular flexibility index (Phi) is 7.67. The van der Waals surface area contributed by atoms with Gasteiger partial charge >= 0.3 is 11.9 Å². The van der Waals surface area contributed by atoms with Gasteiger partial charge in [-0.15, -0.1) is 0 Å². The first kappa shape index (κ1) is 26.5. The summed E-state index contributed by atoms with van der Waals surface area (Å²) in [6.45, 7) is 5.55. The average Bonchev–Trinajstić information content (AvgIpc) is 2.78. The number of hydrogen-bond donors (Lipinski definition) is 1. The van der Waals surface area contributed by atoms with Gasteiger partial charge in [0.05, 0.1) is 6.04 Å². The Morgan fingerprint density at radius 1 is 1.03 bits per heavy atom. The van der Waals surface area contributed by atoms with E-state index in [1.54, 1.807) is 47.4 Å². The zero-order chi connectivity index (χ0) is 26.2. The van der Waals surface area contributed by atoms with Crippen molar-refractivity contribution in [3.63, 3.8) is 0 Å². The molecule has 1 amide bonds. The Morgan fingerprint density at radius 3 is 2.31 bits per heavy atom. The van der Waals surface area contributed by atoms with Crippen molar-refractivity contribution in [3.8, 4) is 0 Å². The van der Waals surface area contributed by atoms with Gasteiger partial charge in [0.1, 0.15) is 11.5 Å². The molecule has 2 atom stereocenters. The lowest BCUT2D eigenvalue weighted by Crippen LogP contribution is -2.51. The van der Waals surface area contributed by atoms with Gasteiger partial charge in [-0.2, -0.15) is 0 Å². The van der Waals surface area contributed by atoms with E-state index >= 15 is 0 Å². The number of fused-ring (bicyclic) bond motifs is 1. The maximum absolute atomic E-state index is 13.9. The molecule has 1 aliphatic heterocycles. The Labute approximate surface area is 221 Å². The number of hydrogen-bond acceptors (Lipinski definition) is 4. The Bertz CT molecular complexity index is 1170. The first-order valence-electron chi connectivity index (χ1n) is 12.3. The summed E-state index contributed by atoms with van der Waals surface area (Å²) in [4.78, 5) is 40.6. The van der Waals surface area contributed by atoms with Gasteiger partial charge in [-0.25, -0.2) is 0 Å². The predicted octanol–water partition coefficient (Wildman–Crippen LogP) is 6.65. The number of halogens is 2. The topological polar surface area (TPSA) is 83.9 Å². The van der Waals surface area contributed by atoms with Gasteiger partial charge < -0.3 is 14.7 Å². The highest BCUT2D eigenvalue weighted by molar-refractivity contribution is 6.35. The van der Waals surface area contributed by atoms with Crippen LogP contribution in [0.15, 0.2) is 42.5 Å². The molecule has 1 N–H and O–H groups in total. The van der Waals surface area contributed by atoms with Gasteiger partial charge in [0.2, 0.25) is 0 Å². The second kappa shape index (κ2) is 10.4. The molecule has 0 spiro atoms. The minimum absolute atomic E-state index is 0.163. The lowest BCUT2D eigenvalue weighted by Gasteiger charge is -2.47. The molecular formula is C28H31Cl2NO5. The summed E-state index contributed by atoms with van der Waals surface area (Å²) in [5.74, 6) is -2.25. The van der Waals surface area contributed by atoms with E-state index in [1.807, 2.05) is 20.8 Å². The fourth-order valence-electron chi connectivity index (χ4n) is 5.54. The summed E-state index contributed by atoms with van der Waals surface area (Å²) in [7, 11) is 0. The number of benzene rings is 2. The minimum Gasteiger partial charge on any atom is -0.481 e. The van der Waals surface area contributed by atoms with E-state index in [4.69, 9.17) is 27.9 Å². The summed E-state index contributed by atoms with van der Waals surface area (Å²) in [6, 6.07) is 10.9. The standard InChI is InChI=1S/C28H31Cl2NO5/c1-28(2,3)36-23(32)14-16-8-11-18(12-9-16)31-25(21-13-10-17(29)15-22(21)30)24(27(34)35)19-6-4-5-7-20(19)26(31)33/h4-7,10,13,15-16,18,24-25H,8-9,11-12,14H2,1-3H3,(H,34,35)/t16?,18?,24-,25+/m1/s1. The lowest BCUT2D eigenvalue weighted by molar-refractivity contribution is -0.156. The number of carbonyl (C=O) groups is 3. The summed E-state index contributed by atoms with van der Waals surface area (Å²) in [6.07, 6.45) is 3.15. The molecule has 1 aliphatic carbocycles. The molecular weight excluding hydrogens is 501 g/mol. The summed E-state index contributed by atoms with van der Waals surface area (Å²) in [5.41, 5.74) is 0.925. The third kappa shape index (κ3) is 5.55. The van der Waals surface area contributed by atoms with E-state index in [0.29, 0.717) is 46.0 Å². The highest BCUT2D eigenvalue weighted by Gasteiger charge is 2.48. The molecule has 36 heavy (non-hydrogen) atoms. The normalized spacial score (nSPS) is 24.2. The molecule has 0 bridgehead atoms. The van der Waals surface area contributed by atoms with E-state index in [1.165, 1.54) is 0 Å². The van der Waals surface area contributed by atoms with Crippen LogP contribution in [0.5, 0.6) is 0 Å². The summed E-state index contributed by atoms with van der Waals surface area (Å²) < 4.78 is 5.48. The van der Waals surface area contributed by atoms with E-state index in [9.17, 15) is 19.5 Å². The van der Waals surface area contributed by atoms with E-state index in [2.05, 4.69) is 0 Å². The number of carboxylic acids is 1. The van der Waals surface area contributed by atoms with Crippen LogP contribution in [0.2, 0.25) is 10.0 Å². The van der Waals surface area contributed by atoms with Crippen LogP contribution in [0.1, 0.15) is 86.3 Å². The van der Waals surface area contributed by atoms with Crippen LogP contribution < -0.4 is 0 Å². The monoisotopic (exact) mass is 531 g/mol. The number of aliphatic carboxylic acids is 1. The number of amides is 1. The van der Waals surface area contributed by atoms with Crippen LogP contribution in [0.3, 0.4) is 0 Å². The molecule has 2 aliphatic rings. The van der Waals surface area contributed by atoms with E-state index in [0.717, 1.165) is 12.8 Å². The molecule has 0 unspecified atom stereocenters. The molecule has 0 aromatic heterocycles. The van der Waals surface area contributed by atoms with Crippen LogP contribution in [0, 0.1) is 5.92 Å². The maximum atomic E-state index is 13.9. The molecule has 6 nitrogen and oxygen atoms in total. The summed E-state index contributed by atoms with van der Waals surface area (Å²) >= 11 is 12.7. The molecule has 2 aromatic carbocycles. The fourth-order valence-corrected chi connectivity index (χ4v) is 6.06. The van der Waals surface area contributed by atoms with Crippen LogP contribution in [-0.2, 0) is 14.3 Å². The van der Waals surface area contributed by atoms with Crippen molar-refractivity contribution in [2.45, 2.75) is 76.5 Å². The Balaban J connectivity index is 1.66. The zero-order valence-corrected chi connectivity index (χ0v) is 22.2.